The fourth-order valence-electron chi connectivity index (χ4n) is 2.62. The van der Waals surface area contributed by atoms with E-state index in [-0.39, 0.29) is 0 Å². The lowest BCUT2D eigenvalue weighted by Crippen LogP contribution is -2.40. The van der Waals surface area contributed by atoms with Crippen LogP contribution in [0.2, 0.25) is 0 Å². The largest absolute Gasteiger partial charge is 0.389 e. The zero-order valence-corrected chi connectivity index (χ0v) is 12.4. The average Bonchev–Trinajstić information content (AvgIpc) is 2.78. The zero-order valence-electron chi connectivity index (χ0n) is 11.6. The molecule has 0 bridgehead atoms. The number of fused-ring (bicyclic) bond motifs is 1. The second kappa shape index (κ2) is 6.57. The molecule has 1 saturated heterocycles. The molecule has 0 aromatic carbocycles. The Balaban J connectivity index is 1.91. The Morgan fingerprint density at radius 1 is 1.53 bits per heavy atom. The standard InChI is InChI=1S/C14H21NO3S/c1-3-4-6-15-7-5-12-11(9-15)8-13(19-12)14(17)18-10(2)16/h8,11-12H,3-7,9H2,1-2H3. The van der Waals surface area contributed by atoms with Crippen LogP contribution in [0, 0.1) is 5.92 Å². The topological polar surface area (TPSA) is 46.6 Å². The third kappa shape index (κ3) is 3.83. The third-order valence-electron chi connectivity index (χ3n) is 3.59. The number of nitrogens with zero attached hydrogens (tertiary/aromatic N) is 1. The maximum atomic E-state index is 11.7. The smallest absolute Gasteiger partial charge is 0.351 e. The number of thioether (sulfide) groups is 1. The van der Waals surface area contributed by atoms with Gasteiger partial charge in [0.25, 0.3) is 0 Å². The summed E-state index contributed by atoms with van der Waals surface area (Å²) in [6, 6.07) is 0. The quantitative estimate of drug-likeness (QED) is 0.584. The van der Waals surface area contributed by atoms with Gasteiger partial charge in [0.1, 0.15) is 0 Å². The van der Waals surface area contributed by atoms with Gasteiger partial charge in [-0.25, -0.2) is 4.79 Å². The highest BCUT2D eigenvalue weighted by Gasteiger charge is 2.36. The summed E-state index contributed by atoms with van der Waals surface area (Å²) in [5.41, 5.74) is 0. The van der Waals surface area contributed by atoms with Gasteiger partial charge in [-0.15, -0.1) is 11.8 Å². The minimum absolute atomic E-state index is 0.421. The lowest BCUT2D eigenvalue weighted by Gasteiger charge is -2.34. The van der Waals surface area contributed by atoms with E-state index in [9.17, 15) is 9.59 Å². The second-order valence-corrected chi connectivity index (χ2v) is 6.46. The fraction of sp³-hybridized carbons (Fsp3) is 0.714. The Morgan fingerprint density at radius 2 is 2.32 bits per heavy atom. The number of carbonyl (C=O) groups excluding carboxylic acids is 2. The van der Waals surface area contributed by atoms with Gasteiger partial charge in [0.15, 0.2) is 0 Å². The van der Waals surface area contributed by atoms with Crippen LogP contribution in [0.4, 0.5) is 0 Å². The molecule has 2 aliphatic heterocycles. The van der Waals surface area contributed by atoms with Gasteiger partial charge in [-0.2, -0.15) is 0 Å². The fourth-order valence-corrected chi connectivity index (χ4v) is 3.90. The van der Waals surface area contributed by atoms with Crippen LogP contribution in [0.15, 0.2) is 11.0 Å². The molecule has 0 aromatic rings. The normalized spacial score (nSPS) is 26.7. The van der Waals surface area contributed by atoms with Crippen molar-refractivity contribution in [2.45, 2.75) is 38.4 Å². The summed E-state index contributed by atoms with van der Waals surface area (Å²) in [6.07, 6.45) is 5.55. The molecule has 2 rings (SSSR count). The van der Waals surface area contributed by atoms with Gasteiger partial charge in [0.05, 0.1) is 4.91 Å². The van der Waals surface area contributed by atoms with E-state index in [2.05, 4.69) is 16.6 Å². The molecule has 0 radical (unpaired) electrons. The number of hydrogen-bond acceptors (Lipinski definition) is 5. The van der Waals surface area contributed by atoms with Crippen molar-refractivity contribution < 1.29 is 14.3 Å². The van der Waals surface area contributed by atoms with Crippen LogP contribution in [0.1, 0.15) is 33.1 Å². The van der Waals surface area contributed by atoms with Gasteiger partial charge in [-0.3, -0.25) is 4.79 Å². The molecule has 0 saturated carbocycles. The van der Waals surface area contributed by atoms with Crippen LogP contribution in [0.25, 0.3) is 0 Å². The Kier molecular flexibility index (Phi) is 5.05. The highest BCUT2D eigenvalue weighted by atomic mass is 32.2. The van der Waals surface area contributed by atoms with Crippen molar-refractivity contribution in [2.24, 2.45) is 5.92 Å². The predicted octanol–water partition coefficient (Wildman–Crippen LogP) is 2.20. The second-order valence-electron chi connectivity index (χ2n) is 5.18. The molecule has 2 unspecified atom stereocenters. The van der Waals surface area contributed by atoms with Gasteiger partial charge in [0, 0.05) is 24.6 Å². The first-order chi connectivity index (χ1) is 9.10. The molecule has 2 heterocycles. The molecule has 106 valence electrons. The number of piperidine rings is 1. The van der Waals surface area contributed by atoms with Crippen LogP contribution < -0.4 is 0 Å². The van der Waals surface area contributed by atoms with Crippen LogP contribution in [-0.4, -0.2) is 41.7 Å². The van der Waals surface area contributed by atoms with E-state index < -0.39 is 11.9 Å². The summed E-state index contributed by atoms with van der Waals surface area (Å²) in [5.74, 6) is -0.594. The van der Waals surface area contributed by atoms with Crippen molar-refractivity contribution in [1.29, 1.82) is 0 Å². The highest BCUT2D eigenvalue weighted by Crippen LogP contribution is 2.41. The molecule has 0 amide bonds. The van der Waals surface area contributed by atoms with Crippen molar-refractivity contribution >= 4 is 23.7 Å². The van der Waals surface area contributed by atoms with Crippen LogP contribution in [0.3, 0.4) is 0 Å². The molecule has 1 fully saturated rings. The summed E-state index contributed by atoms with van der Waals surface area (Å²) in [5, 5.41) is 0.479. The number of unbranched alkanes of at least 4 members (excludes halogenated alkanes) is 1. The Hall–Kier alpha value is -0.810. The van der Waals surface area contributed by atoms with E-state index in [4.69, 9.17) is 0 Å². The first kappa shape index (κ1) is 14.6. The zero-order chi connectivity index (χ0) is 13.8. The minimum atomic E-state index is -0.536. The Bertz CT molecular complexity index is 394. The third-order valence-corrected chi connectivity index (χ3v) is 5.03. The number of hydrogen-bond donors (Lipinski definition) is 0. The van der Waals surface area contributed by atoms with Gasteiger partial charge in [0.2, 0.25) is 0 Å². The SMILES string of the molecule is CCCCN1CCC2SC(C(=O)OC(C)=O)=CC2C1. The molecule has 2 atom stereocenters. The van der Waals surface area contributed by atoms with Gasteiger partial charge in [-0.05, 0) is 25.9 Å². The summed E-state index contributed by atoms with van der Waals surface area (Å²) >= 11 is 1.58. The van der Waals surface area contributed by atoms with Gasteiger partial charge >= 0.3 is 11.9 Å². The molecule has 4 nitrogen and oxygen atoms in total. The van der Waals surface area contributed by atoms with E-state index >= 15 is 0 Å². The minimum Gasteiger partial charge on any atom is -0.389 e. The maximum Gasteiger partial charge on any atom is 0.351 e. The molecule has 5 heteroatoms. The molecule has 0 spiro atoms. The molecular formula is C14H21NO3S. The van der Waals surface area contributed by atoms with Crippen molar-refractivity contribution in [3.63, 3.8) is 0 Å². The summed E-state index contributed by atoms with van der Waals surface area (Å²) in [7, 11) is 0. The first-order valence-electron chi connectivity index (χ1n) is 6.93. The monoisotopic (exact) mass is 283 g/mol. The van der Waals surface area contributed by atoms with E-state index in [1.165, 1.54) is 19.8 Å². The Labute approximate surface area is 118 Å². The number of rotatable bonds is 4. The van der Waals surface area contributed by atoms with E-state index in [1.807, 2.05) is 6.08 Å². The number of esters is 2. The van der Waals surface area contributed by atoms with Crippen LogP contribution in [-0.2, 0) is 14.3 Å². The Morgan fingerprint density at radius 3 is 3.00 bits per heavy atom. The first-order valence-corrected chi connectivity index (χ1v) is 7.81. The molecule has 2 aliphatic rings. The molecule has 0 N–H and O–H groups in total. The van der Waals surface area contributed by atoms with E-state index in [0.29, 0.717) is 16.1 Å². The summed E-state index contributed by atoms with van der Waals surface area (Å²) in [4.78, 5) is 25.6. The van der Waals surface area contributed by atoms with E-state index in [1.54, 1.807) is 11.8 Å². The van der Waals surface area contributed by atoms with Crippen LogP contribution in [0.5, 0.6) is 0 Å². The number of likely N-dealkylation sites (tertiary alicyclic amines) is 1. The van der Waals surface area contributed by atoms with Crippen molar-refractivity contribution in [3.8, 4) is 0 Å². The maximum absolute atomic E-state index is 11.7. The summed E-state index contributed by atoms with van der Waals surface area (Å²) in [6.45, 7) is 6.74. The van der Waals surface area contributed by atoms with Gasteiger partial charge < -0.3 is 9.64 Å². The molecular weight excluding hydrogens is 262 g/mol. The van der Waals surface area contributed by atoms with Crippen LogP contribution >= 0.6 is 11.8 Å². The summed E-state index contributed by atoms with van der Waals surface area (Å²) < 4.78 is 4.65. The molecule has 0 aromatic heterocycles. The molecule has 19 heavy (non-hydrogen) atoms. The number of ether oxygens (including phenoxy) is 1. The predicted molar refractivity (Wildman–Crippen MR) is 75.7 cm³/mol. The van der Waals surface area contributed by atoms with Crippen molar-refractivity contribution in [3.05, 3.63) is 11.0 Å². The average molecular weight is 283 g/mol. The number of carbonyl (C=O) groups is 2. The van der Waals surface area contributed by atoms with Crippen molar-refractivity contribution in [2.75, 3.05) is 19.6 Å². The highest BCUT2D eigenvalue weighted by molar-refractivity contribution is 8.04. The molecule has 0 aliphatic carbocycles. The lowest BCUT2D eigenvalue weighted by molar-refractivity contribution is -0.154. The lowest BCUT2D eigenvalue weighted by atomic mass is 9.97. The van der Waals surface area contributed by atoms with Gasteiger partial charge in [-0.1, -0.05) is 19.4 Å². The van der Waals surface area contributed by atoms with Crippen molar-refractivity contribution in [1.82, 2.24) is 4.90 Å². The van der Waals surface area contributed by atoms with E-state index in [0.717, 1.165) is 26.1 Å².